The molecule has 118 valence electrons. The van der Waals surface area contributed by atoms with Crippen molar-refractivity contribution in [2.24, 2.45) is 0 Å². The standard InChI is InChI=1S/C17H27O3P/c1-16(2,20-15(18)10-13-21)11-12-19-17(3,4)14-8-6-5-7-9-14/h5-9H,10-13,21H2,1-4H3. The van der Waals surface area contributed by atoms with Gasteiger partial charge in [-0.15, -0.1) is 9.24 Å². The highest BCUT2D eigenvalue weighted by atomic mass is 31.0. The van der Waals surface area contributed by atoms with Crippen molar-refractivity contribution in [2.75, 3.05) is 12.8 Å². The van der Waals surface area contributed by atoms with Gasteiger partial charge in [-0.25, -0.2) is 0 Å². The van der Waals surface area contributed by atoms with Crippen molar-refractivity contribution >= 4 is 15.2 Å². The van der Waals surface area contributed by atoms with E-state index >= 15 is 0 Å². The normalized spacial score (nSPS) is 12.2. The second kappa shape index (κ2) is 7.91. The van der Waals surface area contributed by atoms with E-state index in [1.807, 2.05) is 32.0 Å². The van der Waals surface area contributed by atoms with Gasteiger partial charge >= 0.3 is 5.97 Å². The zero-order valence-electron chi connectivity index (χ0n) is 13.5. The van der Waals surface area contributed by atoms with Crippen LogP contribution in [0.5, 0.6) is 0 Å². The van der Waals surface area contributed by atoms with E-state index in [0.29, 0.717) is 19.4 Å². The Hall–Kier alpha value is -0.920. The van der Waals surface area contributed by atoms with Gasteiger partial charge < -0.3 is 9.47 Å². The summed E-state index contributed by atoms with van der Waals surface area (Å²) in [6.45, 7) is 8.49. The molecule has 0 heterocycles. The van der Waals surface area contributed by atoms with Gasteiger partial charge in [-0.2, -0.15) is 0 Å². The SMILES string of the molecule is CC(C)(CCOC(C)(C)c1ccccc1)OC(=O)CCP. The predicted octanol–water partition coefficient (Wildman–Crippen LogP) is 3.92. The summed E-state index contributed by atoms with van der Waals surface area (Å²) in [4.78, 5) is 11.6. The Balaban J connectivity index is 2.46. The van der Waals surface area contributed by atoms with Crippen LogP contribution in [0.4, 0.5) is 0 Å². The molecular formula is C17H27O3P. The fourth-order valence-corrected chi connectivity index (χ4v) is 2.24. The van der Waals surface area contributed by atoms with Crippen molar-refractivity contribution in [3.05, 3.63) is 35.9 Å². The Morgan fingerprint density at radius 3 is 2.33 bits per heavy atom. The van der Waals surface area contributed by atoms with Crippen LogP contribution in [-0.4, -0.2) is 24.3 Å². The largest absolute Gasteiger partial charge is 0.460 e. The van der Waals surface area contributed by atoms with Gasteiger partial charge in [-0.05, 0) is 39.4 Å². The Labute approximate surface area is 130 Å². The second-order valence-corrected chi connectivity index (χ2v) is 6.82. The lowest BCUT2D eigenvalue weighted by molar-refractivity contribution is -0.158. The lowest BCUT2D eigenvalue weighted by Gasteiger charge is -2.30. The number of ether oxygens (including phenoxy) is 2. The summed E-state index contributed by atoms with van der Waals surface area (Å²) < 4.78 is 11.5. The lowest BCUT2D eigenvalue weighted by Crippen LogP contribution is -2.31. The van der Waals surface area contributed by atoms with Gasteiger partial charge in [-0.1, -0.05) is 30.3 Å². The molecule has 0 aliphatic rings. The summed E-state index contributed by atoms with van der Waals surface area (Å²) in [5.74, 6) is -0.155. The minimum atomic E-state index is -0.496. The van der Waals surface area contributed by atoms with Gasteiger partial charge in [-0.3, -0.25) is 4.79 Å². The zero-order valence-corrected chi connectivity index (χ0v) is 14.7. The van der Waals surface area contributed by atoms with Crippen LogP contribution in [0.3, 0.4) is 0 Å². The van der Waals surface area contributed by atoms with Crippen molar-refractivity contribution in [3.8, 4) is 0 Å². The first-order chi connectivity index (χ1) is 9.77. The highest BCUT2D eigenvalue weighted by Gasteiger charge is 2.25. The minimum Gasteiger partial charge on any atom is -0.460 e. The van der Waals surface area contributed by atoms with Crippen molar-refractivity contribution in [1.82, 2.24) is 0 Å². The quantitative estimate of drug-likeness (QED) is 0.539. The molecule has 0 N–H and O–H groups in total. The molecule has 0 bridgehead atoms. The molecule has 1 aromatic carbocycles. The van der Waals surface area contributed by atoms with Crippen LogP contribution in [0.25, 0.3) is 0 Å². The number of carbonyl (C=O) groups excluding carboxylic acids is 1. The molecule has 0 radical (unpaired) electrons. The van der Waals surface area contributed by atoms with Crippen LogP contribution in [-0.2, 0) is 19.9 Å². The smallest absolute Gasteiger partial charge is 0.306 e. The molecule has 0 spiro atoms. The van der Waals surface area contributed by atoms with E-state index in [1.165, 1.54) is 0 Å². The molecular weight excluding hydrogens is 283 g/mol. The highest BCUT2D eigenvalue weighted by molar-refractivity contribution is 7.16. The molecule has 0 aliphatic carbocycles. The maximum Gasteiger partial charge on any atom is 0.306 e. The lowest BCUT2D eigenvalue weighted by atomic mass is 9.98. The first-order valence-corrected chi connectivity index (χ1v) is 8.20. The molecule has 0 saturated heterocycles. The number of hydrogen-bond donors (Lipinski definition) is 0. The fourth-order valence-electron chi connectivity index (χ4n) is 2.00. The molecule has 0 aromatic heterocycles. The highest BCUT2D eigenvalue weighted by Crippen LogP contribution is 2.26. The van der Waals surface area contributed by atoms with Crippen LogP contribution in [0.2, 0.25) is 0 Å². The molecule has 1 atom stereocenters. The number of rotatable bonds is 8. The van der Waals surface area contributed by atoms with Crippen LogP contribution in [0.1, 0.15) is 46.1 Å². The zero-order chi connectivity index (χ0) is 15.9. The molecule has 0 saturated carbocycles. The molecule has 0 amide bonds. The molecule has 1 unspecified atom stereocenters. The van der Waals surface area contributed by atoms with Gasteiger partial charge in [0, 0.05) is 12.8 Å². The summed E-state index contributed by atoms with van der Waals surface area (Å²) in [7, 11) is 2.53. The minimum absolute atomic E-state index is 0.155. The third-order valence-electron chi connectivity index (χ3n) is 3.37. The van der Waals surface area contributed by atoms with Gasteiger partial charge in [0.1, 0.15) is 5.60 Å². The average molecular weight is 310 g/mol. The first-order valence-electron chi connectivity index (χ1n) is 7.38. The molecule has 21 heavy (non-hydrogen) atoms. The van der Waals surface area contributed by atoms with Gasteiger partial charge in [0.05, 0.1) is 12.2 Å². The molecule has 1 rings (SSSR count). The summed E-state index contributed by atoms with van der Waals surface area (Å²) in [6, 6.07) is 10.1. The molecule has 3 nitrogen and oxygen atoms in total. The van der Waals surface area contributed by atoms with E-state index in [-0.39, 0.29) is 11.6 Å². The van der Waals surface area contributed by atoms with Crippen molar-refractivity contribution < 1.29 is 14.3 Å². The monoisotopic (exact) mass is 310 g/mol. The number of esters is 1. The number of benzene rings is 1. The Morgan fingerprint density at radius 1 is 1.14 bits per heavy atom. The first kappa shape index (κ1) is 18.1. The van der Waals surface area contributed by atoms with E-state index in [4.69, 9.17) is 9.47 Å². The fraction of sp³-hybridized carbons (Fsp3) is 0.588. The molecule has 4 heteroatoms. The predicted molar refractivity (Wildman–Crippen MR) is 89.4 cm³/mol. The van der Waals surface area contributed by atoms with Gasteiger partial charge in [0.25, 0.3) is 0 Å². The van der Waals surface area contributed by atoms with Gasteiger partial charge in [0.2, 0.25) is 0 Å². The van der Waals surface area contributed by atoms with Crippen molar-refractivity contribution in [2.45, 2.75) is 51.7 Å². The van der Waals surface area contributed by atoms with Crippen LogP contribution < -0.4 is 0 Å². The summed E-state index contributed by atoms with van der Waals surface area (Å²) >= 11 is 0. The Morgan fingerprint density at radius 2 is 1.76 bits per heavy atom. The Kier molecular flexibility index (Phi) is 6.83. The van der Waals surface area contributed by atoms with Crippen molar-refractivity contribution in [3.63, 3.8) is 0 Å². The van der Waals surface area contributed by atoms with Gasteiger partial charge in [0.15, 0.2) is 0 Å². The topological polar surface area (TPSA) is 35.5 Å². The second-order valence-electron chi connectivity index (χ2n) is 6.25. The average Bonchev–Trinajstić information content (AvgIpc) is 2.38. The summed E-state index contributed by atoms with van der Waals surface area (Å²) in [6.07, 6.45) is 1.84. The number of carbonyl (C=O) groups is 1. The van der Waals surface area contributed by atoms with Crippen LogP contribution in [0, 0.1) is 0 Å². The molecule has 1 aromatic rings. The van der Waals surface area contributed by atoms with E-state index in [2.05, 4.69) is 35.2 Å². The maximum atomic E-state index is 11.6. The molecule has 0 fully saturated rings. The summed E-state index contributed by atoms with van der Waals surface area (Å²) in [5, 5.41) is 0. The van der Waals surface area contributed by atoms with Crippen LogP contribution >= 0.6 is 9.24 Å². The third-order valence-corrected chi connectivity index (χ3v) is 3.66. The van der Waals surface area contributed by atoms with Crippen LogP contribution in [0.15, 0.2) is 30.3 Å². The van der Waals surface area contributed by atoms with E-state index in [0.717, 1.165) is 11.7 Å². The third kappa shape index (κ3) is 6.58. The van der Waals surface area contributed by atoms with E-state index < -0.39 is 5.60 Å². The van der Waals surface area contributed by atoms with E-state index in [9.17, 15) is 4.79 Å². The molecule has 0 aliphatic heterocycles. The maximum absolute atomic E-state index is 11.6. The van der Waals surface area contributed by atoms with Crippen molar-refractivity contribution in [1.29, 1.82) is 0 Å². The number of hydrogen-bond acceptors (Lipinski definition) is 3. The Bertz CT molecular complexity index is 441. The summed E-state index contributed by atoms with van der Waals surface area (Å²) in [5.41, 5.74) is 0.299. The van der Waals surface area contributed by atoms with E-state index in [1.54, 1.807) is 0 Å².